The summed E-state index contributed by atoms with van der Waals surface area (Å²) in [6.45, 7) is 5.38. The fraction of sp³-hybridized carbons (Fsp3) is 0.536. The first-order valence-electron chi connectivity index (χ1n) is 12.9. The van der Waals surface area contributed by atoms with Crippen LogP contribution < -0.4 is 15.0 Å². The highest BCUT2D eigenvalue weighted by Crippen LogP contribution is 2.38. The Morgan fingerprint density at radius 3 is 2.49 bits per heavy atom. The summed E-state index contributed by atoms with van der Waals surface area (Å²) in [5.41, 5.74) is 1.62. The number of carboxylic acid groups (broad SMARTS) is 1. The SMILES string of the molecule is CC[C@@H](CC(=O)O)c1ccc(N(CC(C)(C)O)C2CCOCC2)c(Nc2ccc(Cl)c(OCC(F)(F)F)c2)c1. The van der Waals surface area contributed by atoms with E-state index in [1.807, 2.05) is 25.1 Å². The van der Waals surface area contributed by atoms with Crippen LogP contribution in [-0.2, 0) is 9.53 Å². The molecular formula is C28H36ClF3N2O5. The quantitative estimate of drug-likeness (QED) is 0.259. The molecule has 0 aliphatic carbocycles. The largest absolute Gasteiger partial charge is 0.482 e. The third kappa shape index (κ3) is 9.47. The maximum atomic E-state index is 12.8. The fourth-order valence-corrected chi connectivity index (χ4v) is 4.87. The number of aliphatic carboxylic acids is 1. The van der Waals surface area contributed by atoms with Gasteiger partial charge in [0.25, 0.3) is 0 Å². The molecule has 0 saturated carbocycles. The standard InChI is InChI=1S/C28H36ClF3N2O5/c1-4-18(14-26(35)36)19-5-8-24(34(16-27(2,3)37)21-9-11-38-12-10-21)23(13-19)33-20-6-7-22(29)25(15-20)39-17-28(30,31)32/h5-8,13,15,18,21,33,37H,4,9-12,14,16-17H2,1-3H3,(H,35,36)/t18-/m0/s1. The van der Waals surface area contributed by atoms with Crippen LogP contribution in [0.2, 0.25) is 5.02 Å². The van der Waals surface area contributed by atoms with E-state index < -0.39 is 24.4 Å². The molecule has 0 aromatic heterocycles. The van der Waals surface area contributed by atoms with E-state index in [1.54, 1.807) is 19.9 Å². The molecule has 216 valence electrons. The molecule has 2 aromatic rings. The molecule has 1 fully saturated rings. The number of rotatable bonds is 12. The van der Waals surface area contributed by atoms with Crippen molar-refractivity contribution in [2.24, 2.45) is 0 Å². The molecule has 7 nitrogen and oxygen atoms in total. The number of aliphatic hydroxyl groups is 1. The van der Waals surface area contributed by atoms with Crippen LogP contribution in [0.25, 0.3) is 0 Å². The molecule has 0 unspecified atom stereocenters. The summed E-state index contributed by atoms with van der Waals surface area (Å²) in [7, 11) is 0. The van der Waals surface area contributed by atoms with Gasteiger partial charge in [-0.2, -0.15) is 13.2 Å². The molecule has 1 saturated heterocycles. The van der Waals surface area contributed by atoms with E-state index in [4.69, 9.17) is 21.1 Å². The molecule has 2 aromatic carbocycles. The zero-order valence-corrected chi connectivity index (χ0v) is 23.1. The Morgan fingerprint density at radius 1 is 1.21 bits per heavy atom. The van der Waals surface area contributed by atoms with Crippen molar-refractivity contribution < 1.29 is 37.7 Å². The van der Waals surface area contributed by atoms with Crippen LogP contribution in [0, 0.1) is 0 Å². The predicted molar refractivity (Wildman–Crippen MR) is 145 cm³/mol. The van der Waals surface area contributed by atoms with Crippen molar-refractivity contribution >= 4 is 34.6 Å². The maximum Gasteiger partial charge on any atom is 0.422 e. The van der Waals surface area contributed by atoms with Crippen molar-refractivity contribution in [1.29, 1.82) is 0 Å². The van der Waals surface area contributed by atoms with E-state index in [-0.39, 0.29) is 29.2 Å². The lowest BCUT2D eigenvalue weighted by Crippen LogP contribution is -2.47. The first kappa shape index (κ1) is 30.8. The Bertz CT molecular complexity index is 1120. The van der Waals surface area contributed by atoms with Crippen molar-refractivity contribution in [2.75, 3.05) is 36.6 Å². The van der Waals surface area contributed by atoms with Crippen LogP contribution in [0.15, 0.2) is 36.4 Å². The highest BCUT2D eigenvalue weighted by atomic mass is 35.5. The van der Waals surface area contributed by atoms with E-state index in [1.165, 1.54) is 12.1 Å². The molecule has 1 aliphatic heterocycles. The van der Waals surface area contributed by atoms with Crippen LogP contribution >= 0.6 is 11.6 Å². The number of nitrogens with zero attached hydrogens (tertiary/aromatic N) is 1. The van der Waals surface area contributed by atoms with Crippen LogP contribution in [0.3, 0.4) is 0 Å². The van der Waals surface area contributed by atoms with Crippen molar-refractivity contribution in [2.45, 2.75) is 70.2 Å². The molecule has 0 radical (unpaired) electrons. The number of anilines is 3. The van der Waals surface area contributed by atoms with Gasteiger partial charge in [-0.3, -0.25) is 4.79 Å². The second kappa shape index (κ2) is 13.1. The highest BCUT2D eigenvalue weighted by Gasteiger charge is 2.30. The molecule has 0 spiro atoms. The fourth-order valence-electron chi connectivity index (χ4n) is 4.70. The zero-order chi connectivity index (χ0) is 28.8. The molecule has 39 heavy (non-hydrogen) atoms. The van der Waals surface area contributed by atoms with Crippen LogP contribution in [0.1, 0.15) is 57.9 Å². The number of nitrogens with one attached hydrogen (secondary N) is 1. The second-order valence-electron chi connectivity index (χ2n) is 10.4. The molecule has 0 bridgehead atoms. The summed E-state index contributed by atoms with van der Waals surface area (Å²) < 4.78 is 48.7. The van der Waals surface area contributed by atoms with Gasteiger partial charge in [-0.15, -0.1) is 0 Å². The van der Waals surface area contributed by atoms with Gasteiger partial charge in [0.15, 0.2) is 6.61 Å². The lowest BCUT2D eigenvalue weighted by Gasteiger charge is -2.40. The lowest BCUT2D eigenvalue weighted by atomic mass is 9.92. The summed E-state index contributed by atoms with van der Waals surface area (Å²) in [6, 6.07) is 10.2. The number of halogens is 4. The average molecular weight is 573 g/mol. The van der Waals surface area contributed by atoms with Crippen molar-refractivity contribution in [3.8, 4) is 5.75 Å². The average Bonchev–Trinajstić information content (AvgIpc) is 2.85. The zero-order valence-electron chi connectivity index (χ0n) is 22.4. The Hall–Kier alpha value is -2.69. The molecular weight excluding hydrogens is 537 g/mol. The third-order valence-electron chi connectivity index (χ3n) is 6.51. The van der Waals surface area contributed by atoms with Crippen LogP contribution in [-0.4, -0.2) is 60.4 Å². The van der Waals surface area contributed by atoms with Crippen molar-refractivity contribution in [1.82, 2.24) is 0 Å². The number of hydrogen-bond acceptors (Lipinski definition) is 6. The minimum Gasteiger partial charge on any atom is -0.482 e. The number of ether oxygens (including phenoxy) is 2. The topological polar surface area (TPSA) is 91.3 Å². The normalized spacial score (nSPS) is 15.6. The summed E-state index contributed by atoms with van der Waals surface area (Å²) in [4.78, 5) is 13.6. The Balaban J connectivity index is 2.06. The predicted octanol–water partition coefficient (Wildman–Crippen LogP) is 6.75. The van der Waals surface area contributed by atoms with Crippen molar-refractivity contribution in [3.63, 3.8) is 0 Å². The molecule has 3 rings (SSSR count). The minimum absolute atomic E-state index is 0.0390. The summed E-state index contributed by atoms with van der Waals surface area (Å²) in [6.07, 6.45) is -2.45. The number of carboxylic acids is 1. The van der Waals surface area contributed by atoms with Gasteiger partial charge in [0.1, 0.15) is 5.75 Å². The van der Waals surface area contributed by atoms with Gasteiger partial charge < -0.3 is 29.9 Å². The molecule has 1 heterocycles. The Labute approximate surface area is 231 Å². The molecule has 1 atom stereocenters. The second-order valence-corrected chi connectivity index (χ2v) is 10.8. The van der Waals surface area contributed by atoms with Gasteiger partial charge in [-0.25, -0.2) is 0 Å². The van der Waals surface area contributed by atoms with Crippen LogP contribution in [0.5, 0.6) is 5.75 Å². The van der Waals surface area contributed by atoms with Gasteiger partial charge >= 0.3 is 12.1 Å². The minimum atomic E-state index is -4.52. The number of benzene rings is 2. The first-order valence-corrected chi connectivity index (χ1v) is 13.3. The smallest absolute Gasteiger partial charge is 0.422 e. The molecule has 3 N–H and O–H groups in total. The van der Waals surface area contributed by atoms with Gasteiger partial charge in [0.2, 0.25) is 0 Å². The summed E-state index contributed by atoms with van der Waals surface area (Å²) >= 11 is 6.09. The Kier molecular flexibility index (Phi) is 10.4. The van der Waals surface area contributed by atoms with Crippen LogP contribution in [0.4, 0.5) is 30.2 Å². The molecule has 0 amide bonds. The molecule has 11 heteroatoms. The number of alkyl halides is 3. The van der Waals surface area contributed by atoms with E-state index in [9.17, 15) is 28.2 Å². The van der Waals surface area contributed by atoms with E-state index in [0.717, 1.165) is 24.1 Å². The number of hydrogen-bond donors (Lipinski definition) is 3. The van der Waals surface area contributed by atoms with Crippen molar-refractivity contribution in [3.05, 3.63) is 47.0 Å². The Morgan fingerprint density at radius 2 is 1.90 bits per heavy atom. The van der Waals surface area contributed by atoms with E-state index in [0.29, 0.717) is 37.6 Å². The first-order chi connectivity index (χ1) is 18.3. The highest BCUT2D eigenvalue weighted by molar-refractivity contribution is 6.32. The molecule has 1 aliphatic rings. The van der Waals surface area contributed by atoms with Gasteiger partial charge in [-0.05, 0) is 68.9 Å². The monoisotopic (exact) mass is 572 g/mol. The van der Waals surface area contributed by atoms with Gasteiger partial charge in [-0.1, -0.05) is 24.6 Å². The van der Waals surface area contributed by atoms with Gasteiger partial charge in [0, 0.05) is 37.6 Å². The lowest BCUT2D eigenvalue weighted by molar-refractivity contribution is -0.153. The third-order valence-corrected chi connectivity index (χ3v) is 6.82. The summed E-state index contributed by atoms with van der Waals surface area (Å²) in [5.74, 6) is -1.26. The summed E-state index contributed by atoms with van der Waals surface area (Å²) in [5, 5.41) is 23.5. The van der Waals surface area contributed by atoms with E-state index >= 15 is 0 Å². The maximum absolute atomic E-state index is 12.8. The van der Waals surface area contributed by atoms with E-state index in [2.05, 4.69) is 10.2 Å². The van der Waals surface area contributed by atoms with Gasteiger partial charge in [0.05, 0.1) is 28.4 Å². The number of carbonyl (C=O) groups is 1.